The van der Waals surface area contributed by atoms with E-state index in [1.807, 2.05) is 20.8 Å². The van der Waals surface area contributed by atoms with Gasteiger partial charge in [-0.3, -0.25) is 4.79 Å². The van der Waals surface area contributed by atoms with Gasteiger partial charge in [-0.1, -0.05) is 19.9 Å². The zero-order valence-electron chi connectivity index (χ0n) is 19.4. The molecular formula is C22H35N3O5S. The number of anilines is 1. The van der Waals surface area contributed by atoms with Crippen molar-refractivity contribution in [1.82, 2.24) is 9.21 Å². The van der Waals surface area contributed by atoms with Gasteiger partial charge in [-0.05, 0) is 58.2 Å². The van der Waals surface area contributed by atoms with Crippen LogP contribution in [0.5, 0.6) is 0 Å². The number of nitrogens with zero attached hydrogens (tertiary/aromatic N) is 2. The van der Waals surface area contributed by atoms with Gasteiger partial charge < -0.3 is 15.0 Å². The normalized spacial score (nSPS) is 15.8. The van der Waals surface area contributed by atoms with E-state index in [4.69, 9.17) is 4.74 Å². The van der Waals surface area contributed by atoms with E-state index >= 15 is 0 Å². The van der Waals surface area contributed by atoms with E-state index in [2.05, 4.69) is 5.32 Å². The number of rotatable bonds is 6. The third kappa shape index (κ3) is 6.43. The third-order valence-corrected chi connectivity index (χ3v) is 7.49. The van der Waals surface area contributed by atoms with E-state index < -0.39 is 15.6 Å². The lowest BCUT2D eigenvalue weighted by atomic mass is 9.96. The van der Waals surface area contributed by atoms with Crippen molar-refractivity contribution < 1.29 is 22.7 Å². The number of likely N-dealkylation sites (tertiary alicyclic amines) is 1. The predicted molar refractivity (Wildman–Crippen MR) is 120 cm³/mol. The van der Waals surface area contributed by atoms with Gasteiger partial charge in [0.05, 0.1) is 4.90 Å². The Morgan fingerprint density at radius 1 is 1.16 bits per heavy atom. The third-order valence-electron chi connectivity index (χ3n) is 5.30. The summed E-state index contributed by atoms with van der Waals surface area (Å²) in [4.78, 5) is 26.8. The summed E-state index contributed by atoms with van der Waals surface area (Å²) in [6.45, 7) is 12.5. The molecule has 1 aliphatic rings. The first kappa shape index (κ1) is 25.1. The Hall–Kier alpha value is -2.13. The first-order chi connectivity index (χ1) is 14.4. The van der Waals surface area contributed by atoms with Crippen LogP contribution in [0.3, 0.4) is 0 Å². The molecule has 0 bridgehead atoms. The van der Waals surface area contributed by atoms with Crippen molar-refractivity contribution in [2.24, 2.45) is 5.92 Å². The fraction of sp³-hybridized carbons (Fsp3) is 0.636. The maximum atomic E-state index is 12.9. The maximum absolute atomic E-state index is 12.9. The van der Waals surface area contributed by atoms with E-state index in [-0.39, 0.29) is 22.8 Å². The van der Waals surface area contributed by atoms with E-state index in [0.29, 0.717) is 50.3 Å². The zero-order valence-corrected chi connectivity index (χ0v) is 20.2. The topological polar surface area (TPSA) is 96.0 Å². The second kappa shape index (κ2) is 9.99. The lowest BCUT2D eigenvalue weighted by Gasteiger charge is -2.33. The fourth-order valence-electron chi connectivity index (χ4n) is 3.55. The minimum Gasteiger partial charge on any atom is -0.444 e. The summed E-state index contributed by atoms with van der Waals surface area (Å²) in [7, 11) is -3.62. The summed E-state index contributed by atoms with van der Waals surface area (Å²) in [5.41, 5.74) is 0.534. The van der Waals surface area contributed by atoms with Crippen molar-refractivity contribution in [3.63, 3.8) is 0 Å². The van der Waals surface area contributed by atoms with Gasteiger partial charge in [-0.15, -0.1) is 0 Å². The molecule has 0 unspecified atom stereocenters. The van der Waals surface area contributed by atoms with Crippen LogP contribution in [0.1, 0.15) is 53.0 Å². The number of hydrogen-bond acceptors (Lipinski definition) is 5. The first-order valence-corrected chi connectivity index (χ1v) is 12.2. The Kier molecular flexibility index (Phi) is 8.10. The molecule has 1 fully saturated rings. The van der Waals surface area contributed by atoms with E-state index in [0.717, 1.165) is 0 Å². The number of piperidine rings is 1. The number of amides is 2. The summed E-state index contributed by atoms with van der Waals surface area (Å²) in [6, 6.07) is 4.94. The van der Waals surface area contributed by atoms with Crippen molar-refractivity contribution in [1.29, 1.82) is 0 Å². The van der Waals surface area contributed by atoms with E-state index in [9.17, 15) is 18.0 Å². The molecule has 2 amide bonds. The van der Waals surface area contributed by atoms with Crippen LogP contribution in [0.25, 0.3) is 0 Å². The highest BCUT2D eigenvalue weighted by Gasteiger charge is 2.30. The van der Waals surface area contributed by atoms with Gasteiger partial charge in [0, 0.05) is 37.8 Å². The molecule has 1 aromatic carbocycles. The van der Waals surface area contributed by atoms with Gasteiger partial charge in [0.1, 0.15) is 5.60 Å². The van der Waals surface area contributed by atoms with Gasteiger partial charge in [-0.2, -0.15) is 4.31 Å². The molecule has 0 aromatic heterocycles. The first-order valence-electron chi connectivity index (χ1n) is 10.8. The Bertz CT molecular complexity index is 896. The number of ether oxygens (including phenoxy) is 1. The zero-order chi connectivity index (χ0) is 23.4. The average molecular weight is 454 g/mol. The Morgan fingerprint density at radius 3 is 2.26 bits per heavy atom. The molecule has 0 saturated carbocycles. The number of benzene rings is 1. The van der Waals surface area contributed by atoms with Crippen molar-refractivity contribution in [2.75, 3.05) is 31.5 Å². The number of hydrogen-bond donors (Lipinski definition) is 1. The molecule has 1 aliphatic heterocycles. The summed E-state index contributed by atoms with van der Waals surface area (Å²) in [5, 5.41) is 2.85. The summed E-state index contributed by atoms with van der Waals surface area (Å²) >= 11 is 0. The fourth-order valence-corrected chi connectivity index (χ4v) is 5.26. The van der Waals surface area contributed by atoms with Crippen LogP contribution in [-0.2, 0) is 19.6 Å². The van der Waals surface area contributed by atoms with Gasteiger partial charge in [-0.25, -0.2) is 13.2 Å². The van der Waals surface area contributed by atoms with Crippen LogP contribution in [0.15, 0.2) is 23.1 Å². The molecule has 9 heteroatoms. The summed E-state index contributed by atoms with van der Waals surface area (Å²) < 4.78 is 32.6. The lowest BCUT2D eigenvalue weighted by Crippen LogP contribution is -2.43. The minimum atomic E-state index is -3.62. The molecule has 8 nitrogen and oxygen atoms in total. The number of aryl methyl sites for hydroxylation is 1. The highest BCUT2D eigenvalue weighted by molar-refractivity contribution is 7.89. The molecule has 1 saturated heterocycles. The predicted octanol–water partition coefficient (Wildman–Crippen LogP) is 3.61. The second-order valence-corrected chi connectivity index (χ2v) is 10.7. The molecule has 0 aliphatic carbocycles. The molecular weight excluding hydrogens is 418 g/mol. The van der Waals surface area contributed by atoms with Crippen molar-refractivity contribution >= 4 is 27.7 Å². The second-order valence-electron chi connectivity index (χ2n) is 8.80. The van der Waals surface area contributed by atoms with Crippen molar-refractivity contribution in [2.45, 2.75) is 64.9 Å². The monoisotopic (exact) mass is 453 g/mol. The smallest absolute Gasteiger partial charge is 0.410 e. The maximum Gasteiger partial charge on any atom is 0.410 e. The van der Waals surface area contributed by atoms with Crippen LogP contribution in [0.4, 0.5) is 10.5 Å². The van der Waals surface area contributed by atoms with Crippen LogP contribution >= 0.6 is 0 Å². The number of carbonyl (C=O) groups excluding carboxylic acids is 2. The molecule has 0 spiro atoms. The Labute approximate surface area is 186 Å². The number of sulfonamides is 1. The quantitative estimate of drug-likeness (QED) is 0.710. The Balaban J connectivity index is 2.05. The Morgan fingerprint density at radius 2 is 1.74 bits per heavy atom. The molecule has 1 heterocycles. The lowest BCUT2D eigenvalue weighted by molar-refractivity contribution is -0.121. The average Bonchev–Trinajstić information content (AvgIpc) is 2.68. The summed E-state index contributed by atoms with van der Waals surface area (Å²) in [6.07, 6.45) is 0.694. The van der Waals surface area contributed by atoms with Crippen LogP contribution in [0.2, 0.25) is 0 Å². The SMILES string of the molecule is CCN(CC)S(=O)(=O)c1cc(NC(=O)C2CCN(C(=O)OC(C)(C)C)CC2)ccc1C. The summed E-state index contributed by atoms with van der Waals surface area (Å²) in [5.74, 6) is -0.415. The van der Waals surface area contributed by atoms with E-state index in [1.165, 1.54) is 10.4 Å². The molecule has 2 rings (SSSR count). The van der Waals surface area contributed by atoms with Gasteiger partial charge in [0.2, 0.25) is 15.9 Å². The van der Waals surface area contributed by atoms with Gasteiger partial charge in [0.15, 0.2) is 0 Å². The molecule has 31 heavy (non-hydrogen) atoms. The molecule has 0 atom stereocenters. The number of nitrogens with one attached hydrogen (secondary N) is 1. The highest BCUT2D eigenvalue weighted by Crippen LogP contribution is 2.26. The molecule has 1 N–H and O–H groups in total. The number of carbonyl (C=O) groups is 2. The van der Waals surface area contributed by atoms with E-state index in [1.54, 1.807) is 37.8 Å². The molecule has 0 radical (unpaired) electrons. The van der Waals surface area contributed by atoms with Crippen molar-refractivity contribution in [3.05, 3.63) is 23.8 Å². The minimum absolute atomic E-state index is 0.168. The standard InChI is InChI=1S/C22H35N3O5S/c1-7-25(8-2)31(28,29)19-15-18(10-9-16(19)3)23-20(26)17-11-13-24(14-12-17)21(27)30-22(4,5)6/h9-10,15,17H,7-8,11-14H2,1-6H3,(H,23,26). The van der Waals surface area contributed by atoms with Gasteiger partial charge >= 0.3 is 6.09 Å². The van der Waals surface area contributed by atoms with Crippen LogP contribution in [-0.4, -0.2) is 61.4 Å². The van der Waals surface area contributed by atoms with Gasteiger partial charge in [0.25, 0.3) is 0 Å². The molecule has 1 aromatic rings. The van der Waals surface area contributed by atoms with Crippen LogP contribution < -0.4 is 5.32 Å². The van der Waals surface area contributed by atoms with Crippen LogP contribution in [0, 0.1) is 12.8 Å². The van der Waals surface area contributed by atoms with Crippen molar-refractivity contribution in [3.8, 4) is 0 Å². The largest absolute Gasteiger partial charge is 0.444 e. The highest BCUT2D eigenvalue weighted by atomic mass is 32.2. The molecule has 174 valence electrons.